The van der Waals surface area contributed by atoms with E-state index < -0.39 is 0 Å². The molecule has 1 aliphatic heterocycles. The second-order valence-electron chi connectivity index (χ2n) is 5.53. The minimum absolute atomic E-state index is 0.267. The first-order valence-electron chi connectivity index (χ1n) is 7.60. The third-order valence-electron chi connectivity index (χ3n) is 3.86. The van der Waals surface area contributed by atoms with E-state index in [1.807, 2.05) is 0 Å². The highest BCUT2D eigenvalue weighted by atomic mass is 79.9. The van der Waals surface area contributed by atoms with E-state index in [-0.39, 0.29) is 5.92 Å². The number of hydrogen-bond acceptors (Lipinski definition) is 1. The summed E-state index contributed by atoms with van der Waals surface area (Å²) in [5, 5.41) is 1.14. The Kier molecular flexibility index (Phi) is 8.74. The summed E-state index contributed by atoms with van der Waals surface area (Å²) < 4.78 is 0. The molecule has 2 nitrogen and oxygen atoms in total. The smallest absolute Gasteiger partial charge is 0.225 e. The lowest BCUT2D eigenvalue weighted by Gasteiger charge is -2.30. The van der Waals surface area contributed by atoms with Crippen molar-refractivity contribution >= 4 is 21.8 Å². The Labute approximate surface area is 121 Å². The second-order valence-corrected chi connectivity index (χ2v) is 6.33. The third kappa shape index (κ3) is 6.21. The monoisotopic (exact) mass is 317 g/mol. The summed E-state index contributed by atoms with van der Waals surface area (Å²) in [5.74, 6) is 0.654. The topological polar surface area (TPSA) is 20.3 Å². The highest BCUT2D eigenvalue weighted by Crippen LogP contribution is 2.18. The number of rotatable bonds is 9. The number of alkyl halides is 1. The lowest BCUT2D eigenvalue weighted by Crippen LogP contribution is -2.40. The fourth-order valence-corrected chi connectivity index (χ4v) is 3.03. The molecular weight excluding hydrogens is 290 g/mol. The van der Waals surface area contributed by atoms with Gasteiger partial charge in [-0.3, -0.25) is 4.79 Å². The van der Waals surface area contributed by atoms with E-state index in [2.05, 4.69) is 27.8 Å². The third-order valence-corrected chi connectivity index (χ3v) is 4.42. The lowest BCUT2D eigenvalue weighted by molar-refractivity contribution is -0.137. The number of piperidine rings is 1. The average molecular weight is 318 g/mol. The van der Waals surface area contributed by atoms with Crippen LogP contribution in [0.2, 0.25) is 0 Å². The first-order valence-corrected chi connectivity index (χ1v) is 8.72. The maximum atomic E-state index is 11.9. The summed E-state index contributed by atoms with van der Waals surface area (Å²) in [6.45, 7) is 4.05. The van der Waals surface area contributed by atoms with Gasteiger partial charge in [-0.05, 0) is 25.7 Å². The van der Waals surface area contributed by atoms with Gasteiger partial charge in [-0.15, -0.1) is 0 Å². The van der Waals surface area contributed by atoms with Crippen LogP contribution in [-0.2, 0) is 4.79 Å². The minimum Gasteiger partial charge on any atom is -0.342 e. The van der Waals surface area contributed by atoms with Crippen LogP contribution in [0.25, 0.3) is 0 Å². The Morgan fingerprint density at radius 3 is 2.39 bits per heavy atom. The summed E-state index contributed by atoms with van der Waals surface area (Å²) >= 11 is 3.46. The normalized spacial score (nSPS) is 20.4. The fraction of sp³-hybridized carbons (Fsp3) is 0.933. The van der Waals surface area contributed by atoms with Crippen molar-refractivity contribution < 1.29 is 4.79 Å². The van der Waals surface area contributed by atoms with Crippen LogP contribution in [0.5, 0.6) is 0 Å². The quantitative estimate of drug-likeness (QED) is 0.456. The molecule has 18 heavy (non-hydrogen) atoms. The summed E-state index contributed by atoms with van der Waals surface area (Å²) in [6, 6.07) is 0. The molecule has 1 fully saturated rings. The Bertz CT molecular complexity index is 233. The van der Waals surface area contributed by atoms with Crippen LogP contribution in [0.15, 0.2) is 0 Å². The van der Waals surface area contributed by atoms with Crippen molar-refractivity contribution in [3.63, 3.8) is 0 Å². The number of nitrogens with zero attached hydrogens (tertiary/aromatic N) is 1. The first-order chi connectivity index (χ1) is 8.75. The summed E-state index contributed by atoms with van der Waals surface area (Å²) in [4.78, 5) is 14.0. The molecular formula is C15H28BrNO. The Balaban J connectivity index is 1.95. The summed E-state index contributed by atoms with van der Waals surface area (Å²) in [6.07, 6.45) is 11.5. The molecule has 1 aliphatic rings. The molecule has 1 atom stereocenters. The van der Waals surface area contributed by atoms with E-state index in [1.54, 1.807) is 0 Å². The predicted molar refractivity (Wildman–Crippen MR) is 81.1 cm³/mol. The van der Waals surface area contributed by atoms with E-state index >= 15 is 0 Å². The number of carbonyl (C=O) groups excluding carboxylic acids is 1. The first kappa shape index (κ1) is 16.0. The lowest BCUT2D eigenvalue weighted by atomic mass is 9.99. The zero-order valence-electron chi connectivity index (χ0n) is 11.8. The van der Waals surface area contributed by atoms with Crippen LogP contribution in [0, 0.1) is 5.92 Å². The molecule has 0 aromatic rings. The molecule has 1 heterocycles. The van der Waals surface area contributed by atoms with Gasteiger partial charge in [0.25, 0.3) is 0 Å². The standard InChI is InChI=1S/C15H28BrNO/c1-14-10-9-13-17(15(14)18)12-8-6-4-2-3-5-7-11-16/h14H,2-13H2,1H3. The van der Waals surface area contributed by atoms with Crippen molar-refractivity contribution in [3.05, 3.63) is 0 Å². The van der Waals surface area contributed by atoms with Gasteiger partial charge in [0.05, 0.1) is 0 Å². The molecule has 1 rings (SSSR count). The second kappa shape index (κ2) is 9.82. The molecule has 0 N–H and O–H groups in total. The predicted octanol–water partition coefficient (Wildman–Crippen LogP) is 4.37. The molecule has 0 bridgehead atoms. The molecule has 0 spiro atoms. The zero-order valence-corrected chi connectivity index (χ0v) is 13.4. The van der Waals surface area contributed by atoms with Crippen LogP contribution in [0.3, 0.4) is 0 Å². The van der Waals surface area contributed by atoms with Gasteiger partial charge in [0.2, 0.25) is 5.91 Å². The maximum absolute atomic E-state index is 11.9. The Morgan fingerprint density at radius 2 is 1.72 bits per heavy atom. The number of likely N-dealkylation sites (tertiary alicyclic amines) is 1. The van der Waals surface area contributed by atoms with Gasteiger partial charge >= 0.3 is 0 Å². The van der Waals surface area contributed by atoms with E-state index in [4.69, 9.17) is 0 Å². The minimum atomic E-state index is 0.267. The van der Waals surface area contributed by atoms with Crippen molar-refractivity contribution in [3.8, 4) is 0 Å². The highest BCUT2D eigenvalue weighted by molar-refractivity contribution is 9.09. The van der Waals surface area contributed by atoms with Gasteiger partial charge in [0.15, 0.2) is 0 Å². The highest BCUT2D eigenvalue weighted by Gasteiger charge is 2.24. The number of amides is 1. The number of halogens is 1. The summed E-state index contributed by atoms with van der Waals surface area (Å²) in [7, 11) is 0. The van der Waals surface area contributed by atoms with E-state index in [0.29, 0.717) is 5.91 Å². The SMILES string of the molecule is CC1CCCN(CCCCCCCCCBr)C1=O. The van der Waals surface area contributed by atoms with Gasteiger partial charge in [-0.2, -0.15) is 0 Å². The van der Waals surface area contributed by atoms with Crippen molar-refractivity contribution in [1.82, 2.24) is 4.90 Å². The van der Waals surface area contributed by atoms with E-state index in [9.17, 15) is 4.79 Å². The molecule has 106 valence electrons. The molecule has 0 aromatic carbocycles. The Hall–Kier alpha value is -0.0500. The van der Waals surface area contributed by atoms with E-state index in [0.717, 1.165) is 24.8 Å². The molecule has 1 unspecified atom stereocenters. The Morgan fingerprint density at radius 1 is 1.11 bits per heavy atom. The van der Waals surface area contributed by atoms with E-state index in [1.165, 1.54) is 51.4 Å². The van der Waals surface area contributed by atoms with Gasteiger partial charge in [-0.1, -0.05) is 55.0 Å². The van der Waals surface area contributed by atoms with Gasteiger partial charge in [0, 0.05) is 24.3 Å². The van der Waals surface area contributed by atoms with Crippen LogP contribution in [-0.4, -0.2) is 29.2 Å². The van der Waals surface area contributed by atoms with Gasteiger partial charge in [-0.25, -0.2) is 0 Å². The largest absolute Gasteiger partial charge is 0.342 e. The van der Waals surface area contributed by atoms with Crippen LogP contribution < -0.4 is 0 Å². The van der Waals surface area contributed by atoms with Crippen LogP contribution in [0.1, 0.15) is 64.7 Å². The van der Waals surface area contributed by atoms with Crippen molar-refractivity contribution in [2.24, 2.45) is 5.92 Å². The van der Waals surface area contributed by atoms with Crippen molar-refractivity contribution in [2.45, 2.75) is 64.7 Å². The number of unbranched alkanes of at least 4 members (excludes halogenated alkanes) is 6. The molecule has 0 radical (unpaired) electrons. The number of hydrogen-bond donors (Lipinski definition) is 0. The van der Waals surface area contributed by atoms with Gasteiger partial charge < -0.3 is 4.90 Å². The molecule has 1 saturated heterocycles. The summed E-state index contributed by atoms with van der Waals surface area (Å²) in [5.41, 5.74) is 0. The van der Waals surface area contributed by atoms with Gasteiger partial charge in [0.1, 0.15) is 0 Å². The zero-order chi connectivity index (χ0) is 13.2. The average Bonchev–Trinajstić information content (AvgIpc) is 2.37. The fourth-order valence-electron chi connectivity index (χ4n) is 2.64. The maximum Gasteiger partial charge on any atom is 0.225 e. The van der Waals surface area contributed by atoms with Crippen molar-refractivity contribution in [1.29, 1.82) is 0 Å². The molecule has 3 heteroatoms. The molecule has 0 saturated carbocycles. The van der Waals surface area contributed by atoms with Crippen LogP contribution in [0.4, 0.5) is 0 Å². The number of carbonyl (C=O) groups is 1. The van der Waals surface area contributed by atoms with Crippen LogP contribution >= 0.6 is 15.9 Å². The molecule has 1 amide bonds. The molecule has 0 aromatic heterocycles. The van der Waals surface area contributed by atoms with Crippen molar-refractivity contribution in [2.75, 3.05) is 18.4 Å². The molecule has 0 aliphatic carbocycles.